The zero-order valence-corrected chi connectivity index (χ0v) is 11.8. The lowest BCUT2D eigenvalue weighted by Gasteiger charge is -2.19. The van der Waals surface area contributed by atoms with Crippen LogP contribution in [-0.4, -0.2) is 27.6 Å². The van der Waals surface area contributed by atoms with Crippen LogP contribution in [-0.2, 0) is 14.8 Å². The van der Waals surface area contributed by atoms with Crippen molar-refractivity contribution in [2.75, 3.05) is 22.9 Å². The average Bonchev–Trinajstić information content (AvgIpc) is 2.26. The number of rotatable bonds is 4. The van der Waals surface area contributed by atoms with E-state index in [-0.39, 0.29) is 11.8 Å². The van der Waals surface area contributed by atoms with E-state index < -0.39 is 10.0 Å². The first-order valence-corrected chi connectivity index (χ1v) is 7.45. The number of carbonyl (C=O) groups excluding carboxylic acids is 1. The van der Waals surface area contributed by atoms with Crippen molar-refractivity contribution in [1.29, 1.82) is 0 Å². The molecule has 100 valence electrons. The molecule has 18 heavy (non-hydrogen) atoms. The van der Waals surface area contributed by atoms with E-state index in [0.717, 1.165) is 11.9 Å². The molecule has 0 unspecified atom stereocenters. The van der Waals surface area contributed by atoms with Crippen LogP contribution in [0.15, 0.2) is 24.3 Å². The summed E-state index contributed by atoms with van der Waals surface area (Å²) in [6.07, 6.45) is 1.09. The minimum Gasteiger partial charge on any atom is -0.315 e. The van der Waals surface area contributed by atoms with Crippen molar-refractivity contribution < 1.29 is 13.2 Å². The topological polar surface area (TPSA) is 66.5 Å². The fourth-order valence-electron chi connectivity index (χ4n) is 1.48. The summed E-state index contributed by atoms with van der Waals surface area (Å²) in [6, 6.07) is 6.66. The molecular formula is C12H18N2O3S. The lowest BCUT2D eigenvalue weighted by Crippen LogP contribution is -2.30. The summed E-state index contributed by atoms with van der Waals surface area (Å²) in [4.78, 5) is 13.3. The van der Waals surface area contributed by atoms with Gasteiger partial charge in [0.2, 0.25) is 15.9 Å². The molecule has 1 N–H and O–H groups in total. The molecule has 0 fully saturated rings. The lowest BCUT2D eigenvalue weighted by molar-refractivity contribution is -0.121. The third-order valence-corrected chi connectivity index (χ3v) is 2.99. The highest BCUT2D eigenvalue weighted by Gasteiger charge is 2.14. The minimum atomic E-state index is -3.27. The van der Waals surface area contributed by atoms with Gasteiger partial charge in [-0.2, -0.15) is 0 Å². The first kappa shape index (κ1) is 14.5. The highest BCUT2D eigenvalue weighted by Crippen LogP contribution is 2.18. The van der Waals surface area contributed by atoms with Crippen molar-refractivity contribution in [3.8, 4) is 0 Å². The Hall–Kier alpha value is -1.56. The van der Waals surface area contributed by atoms with Crippen LogP contribution in [0.3, 0.4) is 0 Å². The fraction of sp³-hybridized carbons (Fsp3) is 0.417. The maximum atomic E-state index is 11.8. The summed E-state index contributed by atoms with van der Waals surface area (Å²) >= 11 is 0. The van der Waals surface area contributed by atoms with E-state index in [1.165, 1.54) is 0 Å². The lowest BCUT2D eigenvalue weighted by atomic mass is 10.2. The molecule has 1 amide bonds. The van der Waals surface area contributed by atoms with Gasteiger partial charge in [0.1, 0.15) is 0 Å². The molecule has 0 heterocycles. The first-order valence-electron chi connectivity index (χ1n) is 5.56. The van der Waals surface area contributed by atoms with E-state index in [4.69, 9.17) is 0 Å². The Morgan fingerprint density at radius 1 is 1.22 bits per heavy atom. The van der Waals surface area contributed by atoms with E-state index in [9.17, 15) is 13.2 Å². The standard InChI is InChI=1S/C12H18N2O3S/c1-9(2)12(15)14(3)11-7-5-10(6-8-11)13-18(4,16)17/h5-9,13H,1-4H3. The Labute approximate surface area is 108 Å². The van der Waals surface area contributed by atoms with Crippen LogP contribution < -0.4 is 9.62 Å². The molecule has 1 rings (SSSR count). The average molecular weight is 270 g/mol. The van der Waals surface area contributed by atoms with Crippen LogP contribution in [0.1, 0.15) is 13.8 Å². The van der Waals surface area contributed by atoms with E-state index in [0.29, 0.717) is 5.69 Å². The number of amides is 1. The zero-order valence-electron chi connectivity index (χ0n) is 11.0. The molecule has 0 aliphatic rings. The van der Waals surface area contributed by atoms with Gasteiger partial charge in [0.25, 0.3) is 0 Å². The van der Waals surface area contributed by atoms with Crippen LogP contribution in [0.5, 0.6) is 0 Å². The van der Waals surface area contributed by atoms with Gasteiger partial charge in [-0.15, -0.1) is 0 Å². The number of carbonyl (C=O) groups is 1. The molecule has 6 heteroatoms. The predicted molar refractivity (Wildman–Crippen MR) is 73.2 cm³/mol. The van der Waals surface area contributed by atoms with Crippen molar-refractivity contribution in [3.63, 3.8) is 0 Å². The monoisotopic (exact) mass is 270 g/mol. The molecule has 0 bridgehead atoms. The molecular weight excluding hydrogens is 252 g/mol. The van der Waals surface area contributed by atoms with Gasteiger partial charge in [-0.05, 0) is 24.3 Å². The van der Waals surface area contributed by atoms with Crippen molar-refractivity contribution in [2.24, 2.45) is 5.92 Å². The Balaban J connectivity index is 2.86. The summed E-state index contributed by atoms with van der Waals surface area (Å²) in [5.41, 5.74) is 1.21. The molecule has 0 radical (unpaired) electrons. The number of benzene rings is 1. The van der Waals surface area contributed by atoms with E-state index in [1.807, 2.05) is 13.8 Å². The van der Waals surface area contributed by atoms with Crippen molar-refractivity contribution >= 4 is 27.3 Å². The fourth-order valence-corrected chi connectivity index (χ4v) is 2.05. The van der Waals surface area contributed by atoms with Crippen molar-refractivity contribution in [2.45, 2.75) is 13.8 Å². The third-order valence-electron chi connectivity index (χ3n) is 2.38. The molecule has 0 aromatic heterocycles. The SMILES string of the molecule is CC(C)C(=O)N(C)c1ccc(NS(C)(=O)=O)cc1. The van der Waals surface area contributed by atoms with Crippen LogP contribution in [0.2, 0.25) is 0 Å². The van der Waals surface area contributed by atoms with E-state index >= 15 is 0 Å². The molecule has 0 atom stereocenters. The molecule has 0 aliphatic carbocycles. The number of sulfonamides is 1. The van der Waals surface area contributed by atoms with Gasteiger partial charge in [0, 0.05) is 24.3 Å². The number of nitrogens with one attached hydrogen (secondary N) is 1. The van der Waals surface area contributed by atoms with Crippen LogP contribution in [0.25, 0.3) is 0 Å². The number of nitrogens with zero attached hydrogens (tertiary/aromatic N) is 1. The van der Waals surface area contributed by atoms with E-state index in [1.54, 1.807) is 36.2 Å². The number of hydrogen-bond donors (Lipinski definition) is 1. The maximum absolute atomic E-state index is 11.8. The number of anilines is 2. The van der Waals surface area contributed by atoms with Crippen molar-refractivity contribution in [3.05, 3.63) is 24.3 Å². The van der Waals surface area contributed by atoms with Gasteiger partial charge >= 0.3 is 0 Å². The smallest absolute Gasteiger partial charge is 0.229 e. The summed E-state index contributed by atoms with van der Waals surface area (Å²) in [5.74, 6) is -0.0670. The quantitative estimate of drug-likeness (QED) is 0.905. The van der Waals surface area contributed by atoms with Gasteiger partial charge in [-0.25, -0.2) is 8.42 Å². The molecule has 1 aromatic rings. The molecule has 5 nitrogen and oxygen atoms in total. The van der Waals surface area contributed by atoms with E-state index in [2.05, 4.69) is 4.72 Å². The number of hydrogen-bond acceptors (Lipinski definition) is 3. The van der Waals surface area contributed by atoms with Gasteiger partial charge in [-0.3, -0.25) is 9.52 Å². The van der Waals surface area contributed by atoms with Crippen molar-refractivity contribution in [1.82, 2.24) is 0 Å². The Morgan fingerprint density at radius 3 is 2.11 bits per heavy atom. The summed E-state index contributed by atoms with van der Waals surface area (Å²) < 4.78 is 24.5. The van der Waals surface area contributed by atoms with Gasteiger partial charge in [-0.1, -0.05) is 13.8 Å². The van der Waals surface area contributed by atoms with Crippen LogP contribution in [0.4, 0.5) is 11.4 Å². The second-order valence-electron chi connectivity index (χ2n) is 4.47. The summed E-state index contributed by atoms with van der Waals surface area (Å²) in [6.45, 7) is 3.66. The molecule has 0 saturated heterocycles. The zero-order chi connectivity index (χ0) is 13.9. The summed E-state index contributed by atoms with van der Waals surface area (Å²) in [5, 5.41) is 0. The minimum absolute atomic E-state index is 0.0128. The second-order valence-corrected chi connectivity index (χ2v) is 6.22. The normalized spacial score (nSPS) is 11.4. The molecule has 1 aromatic carbocycles. The second kappa shape index (κ2) is 5.39. The van der Waals surface area contributed by atoms with Gasteiger partial charge in [0.05, 0.1) is 6.26 Å². The van der Waals surface area contributed by atoms with Gasteiger partial charge in [0.15, 0.2) is 0 Å². The highest BCUT2D eigenvalue weighted by atomic mass is 32.2. The maximum Gasteiger partial charge on any atom is 0.229 e. The highest BCUT2D eigenvalue weighted by molar-refractivity contribution is 7.92. The Kier molecular flexibility index (Phi) is 4.34. The van der Waals surface area contributed by atoms with Gasteiger partial charge < -0.3 is 4.90 Å². The largest absolute Gasteiger partial charge is 0.315 e. The van der Waals surface area contributed by atoms with Crippen LogP contribution >= 0.6 is 0 Å². The summed E-state index contributed by atoms with van der Waals surface area (Å²) in [7, 11) is -1.57. The third kappa shape index (κ3) is 4.03. The molecule has 0 saturated carbocycles. The predicted octanol–water partition coefficient (Wildman–Crippen LogP) is 1.68. The molecule has 0 aliphatic heterocycles. The molecule has 0 spiro atoms. The Bertz CT molecular complexity index is 521. The Morgan fingerprint density at radius 2 is 1.72 bits per heavy atom. The van der Waals surface area contributed by atoms with Crippen LogP contribution in [0, 0.1) is 5.92 Å². The first-order chi connectivity index (χ1) is 8.20.